The highest BCUT2D eigenvalue weighted by Crippen LogP contribution is 2.13. The van der Waals surface area contributed by atoms with Crippen LogP contribution in [0.5, 0.6) is 0 Å². The summed E-state index contributed by atoms with van der Waals surface area (Å²) in [7, 11) is 3.47. The van der Waals surface area contributed by atoms with Gasteiger partial charge >= 0.3 is 0 Å². The lowest BCUT2D eigenvalue weighted by molar-refractivity contribution is -0.129. The van der Waals surface area contributed by atoms with E-state index in [9.17, 15) is 13.6 Å². The minimum atomic E-state index is -0.952. The number of benzene rings is 1. The predicted molar refractivity (Wildman–Crippen MR) is 74.6 cm³/mol. The van der Waals surface area contributed by atoms with Crippen molar-refractivity contribution in [2.75, 3.05) is 13.6 Å². The monoisotopic (exact) mass is 293 g/mol. The van der Waals surface area contributed by atoms with Gasteiger partial charge < -0.3 is 4.90 Å². The number of nitrogens with zero attached hydrogens (tertiary/aromatic N) is 3. The Morgan fingerprint density at radius 3 is 2.81 bits per heavy atom. The average molecular weight is 293 g/mol. The minimum Gasteiger partial charge on any atom is -0.345 e. The predicted octanol–water partition coefficient (Wildman–Crippen LogP) is 1.94. The second-order valence-electron chi connectivity index (χ2n) is 4.98. The summed E-state index contributed by atoms with van der Waals surface area (Å²) in [5.41, 5.74) is 1.10. The van der Waals surface area contributed by atoms with Crippen LogP contribution in [-0.4, -0.2) is 34.2 Å². The van der Waals surface area contributed by atoms with Crippen molar-refractivity contribution in [3.05, 3.63) is 53.4 Å². The summed E-state index contributed by atoms with van der Waals surface area (Å²) in [6, 6.07) is 3.86. The molecule has 112 valence electrons. The van der Waals surface area contributed by atoms with Gasteiger partial charge in [0.05, 0.1) is 12.6 Å². The van der Waals surface area contributed by atoms with Crippen LogP contribution in [0, 0.1) is 11.6 Å². The molecule has 0 saturated carbocycles. The van der Waals surface area contributed by atoms with Gasteiger partial charge in [-0.1, -0.05) is 12.1 Å². The Labute approximate surface area is 122 Å². The van der Waals surface area contributed by atoms with Crippen LogP contribution in [0.15, 0.2) is 30.6 Å². The SMILES string of the molecule is CN(CCc1cnn(C)c1)C(=O)Cc1cccc(F)c1F. The van der Waals surface area contributed by atoms with Gasteiger partial charge in [-0.05, 0) is 18.1 Å². The van der Waals surface area contributed by atoms with Gasteiger partial charge in [-0.2, -0.15) is 5.10 Å². The molecule has 0 fully saturated rings. The molecule has 4 nitrogen and oxygen atoms in total. The summed E-state index contributed by atoms with van der Waals surface area (Å²) >= 11 is 0. The van der Waals surface area contributed by atoms with Crippen LogP contribution in [-0.2, 0) is 24.7 Å². The Morgan fingerprint density at radius 2 is 2.14 bits per heavy atom. The summed E-state index contributed by atoms with van der Waals surface area (Å²) in [5, 5.41) is 4.05. The van der Waals surface area contributed by atoms with E-state index in [1.165, 1.54) is 17.0 Å². The highest BCUT2D eigenvalue weighted by atomic mass is 19.2. The Bertz CT molecular complexity index is 640. The number of carbonyl (C=O) groups is 1. The number of likely N-dealkylation sites (N-methyl/N-ethyl adjacent to an activating group) is 1. The first-order valence-electron chi connectivity index (χ1n) is 6.61. The molecule has 1 amide bonds. The van der Waals surface area contributed by atoms with E-state index in [2.05, 4.69) is 5.10 Å². The zero-order valence-corrected chi connectivity index (χ0v) is 12.0. The van der Waals surface area contributed by atoms with Gasteiger partial charge in [0, 0.05) is 32.4 Å². The number of aryl methyl sites for hydroxylation is 1. The maximum atomic E-state index is 13.5. The fourth-order valence-electron chi connectivity index (χ4n) is 2.01. The van der Waals surface area contributed by atoms with E-state index in [4.69, 9.17) is 0 Å². The van der Waals surface area contributed by atoms with Crippen molar-refractivity contribution in [1.82, 2.24) is 14.7 Å². The summed E-state index contributed by atoms with van der Waals surface area (Å²) in [4.78, 5) is 13.5. The molecular weight excluding hydrogens is 276 g/mol. The van der Waals surface area contributed by atoms with E-state index in [-0.39, 0.29) is 17.9 Å². The number of carbonyl (C=O) groups excluding carboxylic acids is 1. The molecule has 0 aliphatic rings. The summed E-state index contributed by atoms with van der Waals surface area (Å²) in [6.45, 7) is 0.501. The van der Waals surface area contributed by atoms with Gasteiger partial charge in [0.15, 0.2) is 11.6 Å². The van der Waals surface area contributed by atoms with Crippen LogP contribution in [0.25, 0.3) is 0 Å². The van der Waals surface area contributed by atoms with Crippen LogP contribution < -0.4 is 0 Å². The van der Waals surface area contributed by atoms with Gasteiger partial charge in [-0.25, -0.2) is 8.78 Å². The van der Waals surface area contributed by atoms with Crippen molar-refractivity contribution in [1.29, 1.82) is 0 Å². The molecule has 0 bridgehead atoms. The Morgan fingerprint density at radius 1 is 1.38 bits per heavy atom. The number of hydrogen-bond donors (Lipinski definition) is 0. The smallest absolute Gasteiger partial charge is 0.226 e. The fraction of sp³-hybridized carbons (Fsp3) is 0.333. The van der Waals surface area contributed by atoms with Crippen LogP contribution in [0.4, 0.5) is 8.78 Å². The second kappa shape index (κ2) is 6.47. The molecule has 2 aromatic rings. The van der Waals surface area contributed by atoms with Crippen LogP contribution in [0.1, 0.15) is 11.1 Å². The molecule has 0 atom stereocenters. The quantitative estimate of drug-likeness (QED) is 0.845. The summed E-state index contributed by atoms with van der Waals surface area (Å²) < 4.78 is 28.3. The molecule has 0 spiro atoms. The molecule has 1 heterocycles. The third-order valence-corrected chi connectivity index (χ3v) is 3.29. The first kappa shape index (κ1) is 15.2. The van der Waals surface area contributed by atoms with Crippen molar-refractivity contribution < 1.29 is 13.6 Å². The van der Waals surface area contributed by atoms with Crippen molar-refractivity contribution in [2.45, 2.75) is 12.8 Å². The van der Waals surface area contributed by atoms with Crippen LogP contribution in [0.2, 0.25) is 0 Å². The highest BCUT2D eigenvalue weighted by Gasteiger charge is 2.14. The van der Waals surface area contributed by atoms with E-state index in [0.29, 0.717) is 13.0 Å². The number of amides is 1. The van der Waals surface area contributed by atoms with Crippen molar-refractivity contribution >= 4 is 5.91 Å². The minimum absolute atomic E-state index is 0.0771. The van der Waals surface area contributed by atoms with Gasteiger partial charge in [0.1, 0.15) is 0 Å². The Hall–Kier alpha value is -2.24. The number of hydrogen-bond acceptors (Lipinski definition) is 2. The zero-order valence-electron chi connectivity index (χ0n) is 12.0. The lowest BCUT2D eigenvalue weighted by Gasteiger charge is -2.17. The fourth-order valence-corrected chi connectivity index (χ4v) is 2.01. The molecule has 1 aromatic heterocycles. The summed E-state index contributed by atoms with van der Waals surface area (Å²) in [6.07, 6.45) is 4.14. The zero-order chi connectivity index (χ0) is 15.4. The topological polar surface area (TPSA) is 38.1 Å². The maximum absolute atomic E-state index is 13.5. The second-order valence-corrected chi connectivity index (χ2v) is 4.98. The molecular formula is C15H17F2N3O. The third-order valence-electron chi connectivity index (χ3n) is 3.29. The van der Waals surface area contributed by atoms with Crippen LogP contribution >= 0.6 is 0 Å². The first-order valence-corrected chi connectivity index (χ1v) is 6.61. The molecule has 6 heteroatoms. The molecule has 2 rings (SSSR count). The first-order chi connectivity index (χ1) is 9.97. The Kier molecular flexibility index (Phi) is 4.67. The standard InChI is InChI=1S/C15H17F2N3O/c1-19(7-6-11-9-18-20(2)10-11)14(21)8-12-4-3-5-13(16)15(12)17/h3-5,9-10H,6-8H2,1-2H3. The van der Waals surface area contributed by atoms with Gasteiger partial charge in [0.2, 0.25) is 5.91 Å². The van der Waals surface area contributed by atoms with E-state index in [0.717, 1.165) is 11.6 Å². The third kappa shape index (κ3) is 3.87. The van der Waals surface area contributed by atoms with Crippen molar-refractivity contribution in [3.8, 4) is 0 Å². The number of aromatic nitrogens is 2. The molecule has 21 heavy (non-hydrogen) atoms. The normalized spacial score (nSPS) is 10.7. The van der Waals surface area contributed by atoms with Gasteiger partial charge in [-0.3, -0.25) is 9.48 Å². The van der Waals surface area contributed by atoms with E-state index < -0.39 is 11.6 Å². The van der Waals surface area contributed by atoms with E-state index in [1.807, 2.05) is 13.2 Å². The Balaban J connectivity index is 1.92. The maximum Gasteiger partial charge on any atom is 0.226 e. The van der Waals surface area contributed by atoms with Gasteiger partial charge in [0.25, 0.3) is 0 Å². The molecule has 0 aliphatic heterocycles. The molecule has 1 aromatic carbocycles. The number of halogens is 2. The van der Waals surface area contributed by atoms with E-state index >= 15 is 0 Å². The number of rotatable bonds is 5. The summed E-state index contributed by atoms with van der Waals surface area (Å²) in [5.74, 6) is -2.13. The molecule has 0 aliphatic carbocycles. The van der Waals surface area contributed by atoms with E-state index in [1.54, 1.807) is 17.9 Å². The average Bonchev–Trinajstić information content (AvgIpc) is 2.87. The lowest BCUT2D eigenvalue weighted by atomic mass is 10.1. The molecule has 0 unspecified atom stereocenters. The van der Waals surface area contributed by atoms with Crippen molar-refractivity contribution in [3.63, 3.8) is 0 Å². The van der Waals surface area contributed by atoms with Gasteiger partial charge in [-0.15, -0.1) is 0 Å². The molecule has 0 saturated heterocycles. The highest BCUT2D eigenvalue weighted by molar-refractivity contribution is 5.78. The lowest BCUT2D eigenvalue weighted by Crippen LogP contribution is -2.30. The largest absolute Gasteiger partial charge is 0.345 e. The molecule has 0 N–H and O–H groups in total. The molecule has 0 radical (unpaired) electrons. The van der Waals surface area contributed by atoms with Crippen LogP contribution in [0.3, 0.4) is 0 Å². The van der Waals surface area contributed by atoms with Crippen molar-refractivity contribution in [2.24, 2.45) is 7.05 Å².